The molecular formula is C6H8FNTi. The molecule has 0 N–H and O–H groups in total. The quantitative estimate of drug-likeness (QED) is 0.553. The molecule has 0 aromatic carbocycles. The fourth-order valence-corrected chi connectivity index (χ4v) is 1.45. The van der Waals surface area contributed by atoms with Crippen LogP contribution in [0, 0.1) is 13.8 Å². The van der Waals surface area contributed by atoms with Gasteiger partial charge in [0, 0.05) is 0 Å². The molecule has 0 unspecified atom stereocenters. The van der Waals surface area contributed by atoms with Gasteiger partial charge in [0.15, 0.2) is 0 Å². The number of aryl methyl sites for hydroxylation is 2. The summed E-state index contributed by atoms with van der Waals surface area (Å²) in [7, 11) is 0. The summed E-state index contributed by atoms with van der Waals surface area (Å²) >= 11 is -1.40. The summed E-state index contributed by atoms with van der Waals surface area (Å²) in [4.78, 5) is 0. The molecule has 1 heterocycles. The molecule has 0 saturated carbocycles. The Morgan fingerprint density at radius 1 is 1.33 bits per heavy atom. The first-order valence-corrected chi connectivity index (χ1v) is 4.06. The summed E-state index contributed by atoms with van der Waals surface area (Å²) in [5.74, 6) is 0. The van der Waals surface area contributed by atoms with Crippen molar-refractivity contribution in [3.63, 3.8) is 0 Å². The van der Waals surface area contributed by atoms with E-state index in [0.29, 0.717) is 0 Å². The third-order valence-electron chi connectivity index (χ3n) is 1.36. The van der Waals surface area contributed by atoms with Gasteiger partial charge >= 0.3 is 63.5 Å². The van der Waals surface area contributed by atoms with Crippen LogP contribution in [0.5, 0.6) is 0 Å². The molecule has 1 nitrogen and oxygen atoms in total. The predicted molar refractivity (Wildman–Crippen MR) is 30.4 cm³/mol. The van der Waals surface area contributed by atoms with Gasteiger partial charge in [0.25, 0.3) is 0 Å². The predicted octanol–water partition coefficient (Wildman–Crippen LogP) is 1.84. The SMILES string of the molecule is Cc1ccc(C)[n]1[Ti][F]. The van der Waals surface area contributed by atoms with Crippen LogP contribution < -0.4 is 0 Å². The number of nitrogens with zero attached hydrogens (tertiary/aromatic N) is 1. The molecule has 3 heteroatoms. The van der Waals surface area contributed by atoms with Crippen LogP contribution in [0.4, 0.5) is 3.09 Å². The third kappa shape index (κ3) is 1.25. The van der Waals surface area contributed by atoms with Crippen molar-refractivity contribution in [3.05, 3.63) is 23.5 Å². The molecule has 0 amide bonds. The average Bonchev–Trinajstić information content (AvgIpc) is 2.12. The van der Waals surface area contributed by atoms with Gasteiger partial charge in [-0.2, -0.15) is 0 Å². The molecule has 0 aliphatic carbocycles. The van der Waals surface area contributed by atoms with E-state index in [2.05, 4.69) is 0 Å². The molecule has 0 aliphatic heterocycles. The molecule has 9 heavy (non-hydrogen) atoms. The Labute approximate surface area is 63.8 Å². The van der Waals surface area contributed by atoms with E-state index < -0.39 is 19.9 Å². The van der Waals surface area contributed by atoms with Gasteiger partial charge in [-0.15, -0.1) is 0 Å². The minimum atomic E-state index is -1.40. The van der Waals surface area contributed by atoms with Gasteiger partial charge in [0.1, 0.15) is 0 Å². The van der Waals surface area contributed by atoms with Crippen molar-refractivity contribution >= 4 is 0 Å². The standard InChI is InChI=1S/C6H8N.FH.Ti/c1-5-3-4-6(2)7-5;;/h3-4H,1-2H3;1H;/q-1;;+2/p-1. The number of aromatic nitrogens is 1. The molecule has 1 aromatic heterocycles. The van der Waals surface area contributed by atoms with E-state index in [1.807, 2.05) is 26.0 Å². The molecule has 0 spiro atoms. The first kappa shape index (κ1) is 7.04. The van der Waals surface area contributed by atoms with Crippen molar-refractivity contribution in [1.82, 2.24) is 3.05 Å². The molecule has 0 fully saturated rings. The zero-order valence-electron chi connectivity index (χ0n) is 5.48. The van der Waals surface area contributed by atoms with Gasteiger partial charge in [-0.3, -0.25) is 0 Å². The Morgan fingerprint density at radius 3 is 2.00 bits per heavy atom. The van der Waals surface area contributed by atoms with Crippen molar-refractivity contribution in [2.24, 2.45) is 0 Å². The van der Waals surface area contributed by atoms with Crippen molar-refractivity contribution in [1.29, 1.82) is 0 Å². The van der Waals surface area contributed by atoms with Crippen molar-refractivity contribution in [3.8, 4) is 0 Å². The molecule has 0 saturated heterocycles. The zero-order valence-corrected chi connectivity index (χ0v) is 7.04. The molecule has 1 aromatic rings. The molecule has 0 aliphatic rings. The molecular weight excluding hydrogens is 153 g/mol. The van der Waals surface area contributed by atoms with E-state index in [1.54, 1.807) is 3.05 Å². The molecule has 0 radical (unpaired) electrons. The zero-order chi connectivity index (χ0) is 6.85. The normalized spacial score (nSPS) is 9.67. The summed E-state index contributed by atoms with van der Waals surface area (Å²) in [5.41, 5.74) is 2.07. The fourth-order valence-electron chi connectivity index (χ4n) is 0.802. The molecule has 48 valence electrons. The number of hydrogen-bond donors (Lipinski definition) is 0. The van der Waals surface area contributed by atoms with Crippen LogP contribution in [-0.2, 0) is 19.9 Å². The van der Waals surface area contributed by atoms with Gasteiger partial charge in [-0.05, 0) is 0 Å². The maximum absolute atomic E-state index is 12.2. The Balaban J connectivity index is 3.07. The van der Waals surface area contributed by atoms with Gasteiger partial charge in [0.2, 0.25) is 0 Å². The van der Waals surface area contributed by atoms with Crippen LogP contribution >= 0.6 is 0 Å². The van der Waals surface area contributed by atoms with Gasteiger partial charge in [0.05, 0.1) is 0 Å². The Bertz CT molecular complexity index is 187. The second kappa shape index (κ2) is 2.67. The summed E-state index contributed by atoms with van der Waals surface area (Å²) in [6.45, 7) is 3.85. The third-order valence-corrected chi connectivity index (χ3v) is 2.72. The van der Waals surface area contributed by atoms with Crippen molar-refractivity contribution < 1.29 is 23.0 Å². The van der Waals surface area contributed by atoms with Crippen molar-refractivity contribution in [2.45, 2.75) is 13.8 Å². The number of rotatable bonds is 1. The first-order valence-electron chi connectivity index (χ1n) is 2.77. The van der Waals surface area contributed by atoms with Gasteiger partial charge in [-0.1, -0.05) is 0 Å². The van der Waals surface area contributed by atoms with E-state index in [4.69, 9.17) is 0 Å². The number of hydrogen-bond acceptors (Lipinski definition) is 0. The van der Waals surface area contributed by atoms with Crippen LogP contribution in [0.15, 0.2) is 12.1 Å². The monoisotopic (exact) mass is 161 g/mol. The fraction of sp³-hybridized carbons (Fsp3) is 0.333. The van der Waals surface area contributed by atoms with E-state index in [1.165, 1.54) is 0 Å². The van der Waals surface area contributed by atoms with Crippen LogP contribution in [-0.4, -0.2) is 3.05 Å². The summed E-state index contributed by atoms with van der Waals surface area (Å²) in [5, 5.41) is 0. The number of halogens is 1. The van der Waals surface area contributed by atoms with Crippen LogP contribution in [0.3, 0.4) is 0 Å². The summed E-state index contributed by atoms with van der Waals surface area (Å²) < 4.78 is 13.9. The van der Waals surface area contributed by atoms with Crippen LogP contribution in [0.25, 0.3) is 0 Å². The minimum absolute atomic E-state index is 1.04. The van der Waals surface area contributed by atoms with E-state index in [9.17, 15) is 3.09 Å². The Hall–Kier alpha value is -0.0757. The van der Waals surface area contributed by atoms with E-state index in [-0.39, 0.29) is 0 Å². The summed E-state index contributed by atoms with van der Waals surface area (Å²) in [6.07, 6.45) is 0. The molecule has 1 rings (SSSR count). The van der Waals surface area contributed by atoms with E-state index >= 15 is 0 Å². The van der Waals surface area contributed by atoms with Gasteiger partial charge in [-0.25, -0.2) is 0 Å². The van der Waals surface area contributed by atoms with Gasteiger partial charge < -0.3 is 0 Å². The second-order valence-corrected chi connectivity index (χ2v) is 3.00. The molecule has 0 atom stereocenters. The average molecular weight is 161 g/mol. The van der Waals surface area contributed by atoms with Crippen LogP contribution in [0.2, 0.25) is 0 Å². The summed E-state index contributed by atoms with van der Waals surface area (Å²) in [6, 6.07) is 3.89. The maximum atomic E-state index is 12.2. The first-order chi connectivity index (χ1) is 4.25. The molecule has 0 bridgehead atoms. The van der Waals surface area contributed by atoms with Crippen LogP contribution in [0.1, 0.15) is 11.4 Å². The topological polar surface area (TPSA) is 4.93 Å². The Morgan fingerprint density at radius 2 is 1.78 bits per heavy atom. The Kier molecular flexibility index (Phi) is 2.09. The second-order valence-electron chi connectivity index (χ2n) is 2.04. The van der Waals surface area contributed by atoms with E-state index in [0.717, 1.165) is 11.4 Å². The van der Waals surface area contributed by atoms with Crippen molar-refractivity contribution in [2.75, 3.05) is 0 Å².